The molecule has 2 amide bonds. The summed E-state index contributed by atoms with van der Waals surface area (Å²) in [6.07, 6.45) is 3.95. The fraction of sp³-hybridized carbons (Fsp3) is 0.692. The zero-order valence-corrected chi connectivity index (χ0v) is 20.0. The van der Waals surface area contributed by atoms with Crippen molar-refractivity contribution in [2.45, 2.75) is 57.9 Å². The van der Waals surface area contributed by atoms with Crippen LogP contribution in [-0.4, -0.2) is 85.0 Å². The largest absolute Gasteiger partial charge is 0.378 e. The Hall–Kier alpha value is -1.92. The summed E-state index contributed by atoms with van der Waals surface area (Å²) < 4.78 is 5.38. The van der Waals surface area contributed by atoms with Crippen molar-refractivity contribution in [1.82, 2.24) is 14.7 Å². The highest BCUT2D eigenvalue weighted by Crippen LogP contribution is 2.27. The van der Waals surface area contributed by atoms with Gasteiger partial charge in [-0.3, -0.25) is 9.59 Å². The average Bonchev–Trinajstić information content (AvgIpc) is 2.83. The van der Waals surface area contributed by atoms with Crippen LogP contribution in [0.25, 0.3) is 0 Å². The summed E-state index contributed by atoms with van der Waals surface area (Å²) in [4.78, 5) is 32.3. The molecule has 3 fully saturated rings. The van der Waals surface area contributed by atoms with E-state index in [0.717, 1.165) is 70.5 Å². The van der Waals surface area contributed by atoms with Crippen LogP contribution in [0.5, 0.6) is 0 Å². The number of carbonyl (C=O) groups excluding carboxylic acids is 2. The molecule has 0 N–H and O–H groups in total. The van der Waals surface area contributed by atoms with Crippen LogP contribution in [0.1, 0.15) is 62.4 Å². The zero-order valence-electron chi connectivity index (χ0n) is 20.0. The van der Waals surface area contributed by atoms with Gasteiger partial charge in [0.1, 0.15) is 0 Å². The molecule has 3 saturated heterocycles. The van der Waals surface area contributed by atoms with Crippen molar-refractivity contribution in [2.75, 3.05) is 52.5 Å². The number of carbonyl (C=O) groups is 2. The molecule has 0 spiro atoms. The number of hydrogen-bond donors (Lipinski definition) is 0. The topological polar surface area (TPSA) is 53.1 Å². The van der Waals surface area contributed by atoms with Gasteiger partial charge in [-0.1, -0.05) is 32.9 Å². The Bertz CT molecular complexity index is 780. The van der Waals surface area contributed by atoms with Gasteiger partial charge in [-0.2, -0.15) is 0 Å². The third-order valence-electron chi connectivity index (χ3n) is 7.47. The maximum atomic E-state index is 13.0. The predicted molar refractivity (Wildman–Crippen MR) is 126 cm³/mol. The second-order valence-corrected chi connectivity index (χ2v) is 10.6. The van der Waals surface area contributed by atoms with Gasteiger partial charge in [0.05, 0.1) is 13.2 Å². The number of benzene rings is 1. The van der Waals surface area contributed by atoms with E-state index >= 15 is 0 Å². The van der Waals surface area contributed by atoms with Gasteiger partial charge in [0.25, 0.3) is 5.91 Å². The molecule has 6 heteroatoms. The lowest BCUT2D eigenvalue weighted by molar-refractivity contribution is -0.141. The fourth-order valence-corrected chi connectivity index (χ4v) is 5.28. The van der Waals surface area contributed by atoms with Crippen LogP contribution in [0.4, 0.5) is 0 Å². The number of nitrogens with zero attached hydrogens (tertiary/aromatic N) is 3. The van der Waals surface area contributed by atoms with E-state index in [1.54, 1.807) is 0 Å². The van der Waals surface area contributed by atoms with Crippen LogP contribution in [0.15, 0.2) is 24.3 Å². The maximum Gasteiger partial charge on any atom is 0.253 e. The molecule has 3 aliphatic rings. The Labute approximate surface area is 192 Å². The summed E-state index contributed by atoms with van der Waals surface area (Å²) in [5.41, 5.74) is 2.14. The Morgan fingerprint density at radius 1 is 0.812 bits per heavy atom. The van der Waals surface area contributed by atoms with E-state index in [1.165, 1.54) is 5.56 Å². The lowest BCUT2D eigenvalue weighted by Crippen LogP contribution is -2.51. The van der Waals surface area contributed by atoms with Gasteiger partial charge in [-0.15, -0.1) is 0 Å². The molecule has 6 nitrogen and oxygen atoms in total. The highest BCUT2D eigenvalue weighted by atomic mass is 16.5. The number of ether oxygens (including phenoxy) is 1. The predicted octanol–water partition coefficient (Wildman–Crippen LogP) is 3.16. The number of amides is 2. The molecular weight excluding hydrogens is 402 g/mol. The minimum absolute atomic E-state index is 0.0974. The second-order valence-electron chi connectivity index (χ2n) is 10.6. The first-order valence-electron chi connectivity index (χ1n) is 12.3. The first kappa shape index (κ1) is 23.2. The van der Waals surface area contributed by atoms with Crippen molar-refractivity contribution in [3.8, 4) is 0 Å². The van der Waals surface area contributed by atoms with E-state index in [4.69, 9.17) is 4.74 Å². The van der Waals surface area contributed by atoms with Crippen molar-refractivity contribution >= 4 is 11.8 Å². The highest BCUT2D eigenvalue weighted by molar-refractivity contribution is 5.94. The molecule has 0 atom stereocenters. The Morgan fingerprint density at radius 2 is 1.41 bits per heavy atom. The third kappa shape index (κ3) is 5.34. The van der Waals surface area contributed by atoms with E-state index in [9.17, 15) is 9.59 Å². The Balaban J connectivity index is 1.23. The van der Waals surface area contributed by atoms with E-state index in [2.05, 4.69) is 37.8 Å². The molecule has 0 unspecified atom stereocenters. The lowest BCUT2D eigenvalue weighted by atomic mass is 9.86. The zero-order chi connectivity index (χ0) is 22.7. The van der Waals surface area contributed by atoms with E-state index in [-0.39, 0.29) is 17.2 Å². The van der Waals surface area contributed by atoms with Crippen LogP contribution >= 0.6 is 0 Å². The molecule has 0 aromatic heterocycles. The van der Waals surface area contributed by atoms with Crippen LogP contribution < -0.4 is 0 Å². The summed E-state index contributed by atoms with van der Waals surface area (Å²) >= 11 is 0. The quantitative estimate of drug-likeness (QED) is 0.723. The van der Waals surface area contributed by atoms with Gasteiger partial charge in [0.2, 0.25) is 5.91 Å². The smallest absolute Gasteiger partial charge is 0.253 e. The summed E-state index contributed by atoms with van der Waals surface area (Å²) in [5, 5.41) is 0. The molecular formula is C26H39N3O3. The standard InChI is InChI=1S/C26H39N3O3/c1-26(2,3)22-6-4-20(5-7-22)24(30)28-14-10-23(11-15-28)27-12-8-21(9-13-27)25(31)29-16-18-32-19-17-29/h4-7,21,23H,8-19H2,1-3H3. The van der Waals surface area contributed by atoms with Crippen LogP contribution in [0, 0.1) is 5.92 Å². The molecule has 4 rings (SSSR count). The van der Waals surface area contributed by atoms with Gasteiger partial charge >= 0.3 is 0 Å². The highest BCUT2D eigenvalue weighted by Gasteiger charge is 2.33. The van der Waals surface area contributed by atoms with E-state index in [0.29, 0.717) is 25.2 Å². The van der Waals surface area contributed by atoms with Crippen LogP contribution in [-0.2, 0) is 14.9 Å². The summed E-state index contributed by atoms with van der Waals surface area (Å²) in [5.74, 6) is 0.645. The Kier molecular flexibility index (Phi) is 7.21. The molecule has 0 bridgehead atoms. The van der Waals surface area contributed by atoms with Gasteiger partial charge in [0.15, 0.2) is 0 Å². The number of hydrogen-bond acceptors (Lipinski definition) is 4. The second kappa shape index (κ2) is 9.92. The molecule has 0 saturated carbocycles. The lowest BCUT2D eigenvalue weighted by Gasteiger charge is -2.42. The number of likely N-dealkylation sites (tertiary alicyclic amines) is 2. The molecule has 0 aliphatic carbocycles. The van der Waals surface area contributed by atoms with Crippen molar-refractivity contribution < 1.29 is 14.3 Å². The fourth-order valence-electron chi connectivity index (χ4n) is 5.28. The summed E-state index contributed by atoms with van der Waals surface area (Å²) in [7, 11) is 0. The van der Waals surface area contributed by atoms with E-state index in [1.807, 2.05) is 21.9 Å². The monoisotopic (exact) mass is 441 g/mol. The number of morpholine rings is 1. The molecule has 1 aromatic rings. The first-order chi connectivity index (χ1) is 15.3. The molecule has 32 heavy (non-hydrogen) atoms. The van der Waals surface area contributed by atoms with Gasteiger partial charge in [0, 0.05) is 43.7 Å². The van der Waals surface area contributed by atoms with Crippen molar-refractivity contribution in [3.05, 3.63) is 35.4 Å². The van der Waals surface area contributed by atoms with Crippen molar-refractivity contribution in [3.63, 3.8) is 0 Å². The maximum absolute atomic E-state index is 13.0. The molecule has 3 aliphatic heterocycles. The molecule has 3 heterocycles. The van der Waals surface area contributed by atoms with E-state index < -0.39 is 0 Å². The SMILES string of the molecule is CC(C)(C)c1ccc(C(=O)N2CCC(N3CCC(C(=O)N4CCOCC4)CC3)CC2)cc1. The van der Waals surface area contributed by atoms with Gasteiger partial charge in [-0.25, -0.2) is 0 Å². The summed E-state index contributed by atoms with van der Waals surface area (Å²) in [6.45, 7) is 13.0. The van der Waals surface area contributed by atoms with Crippen molar-refractivity contribution in [1.29, 1.82) is 0 Å². The normalized spacial score (nSPS) is 22.2. The van der Waals surface area contributed by atoms with Gasteiger partial charge < -0.3 is 19.4 Å². The first-order valence-corrected chi connectivity index (χ1v) is 12.3. The molecule has 1 aromatic carbocycles. The molecule has 0 radical (unpaired) electrons. The average molecular weight is 442 g/mol. The third-order valence-corrected chi connectivity index (χ3v) is 7.47. The number of rotatable bonds is 3. The minimum Gasteiger partial charge on any atom is -0.378 e. The van der Waals surface area contributed by atoms with Crippen molar-refractivity contribution in [2.24, 2.45) is 5.92 Å². The van der Waals surface area contributed by atoms with Crippen LogP contribution in [0.2, 0.25) is 0 Å². The van der Waals surface area contributed by atoms with Crippen LogP contribution in [0.3, 0.4) is 0 Å². The molecule has 176 valence electrons. The Morgan fingerprint density at radius 3 is 1.97 bits per heavy atom. The number of piperidine rings is 2. The summed E-state index contributed by atoms with van der Waals surface area (Å²) in [6, 6.07) is 8.66. The minimum atomic E-state index is 0.0974. The van der Waals surface area contributed by atoms with Gasteiger partial charge in [-0.05, 0) is 61.9 Å².